The lowest BCUT2D eigenvalue weighted by Crippen LogP contribution is -2.36. The molecule has 1 aromatic carbocycles. The first-order valence-electron chi connectivity index (χ1n) is 6.75. The number of nitrogens with one attached hydrogen (secondary N) is 2. The van der Waals surface area contributed by atoms with Crippen molar-refractivity contribution in [3.8, 4) is 0 Å². The third kappa shape index (κ3) is 4.71. The third-order valence-electron chi connectivity index (χ3n) is 3.38. The maximum absolute atomic E-state index is 11.8. The van der Waals surface area contributed by atoms with Crippen LogP contribution in [-0.4, -0.2) is 48.2 Å². The Morgan fingerprint density at radius 2 is 2.14 bits per heavy atom. The molecule has 1 fully saturated rings. The second kappa shape index (κ2) is 6.91. The summed E-state index contributed by atoms with van der Waals surface area (Å²) in [5, 5.41) is 14.4. The van der Waals surface area contributed by atoms with Crippen LogP contribution in [0.15, 0.2) is 22.7 Å². The van der Waals surface area contributed by atoms with Crippen molar-refractivity contribution in [3.63, 3.8) is 0 Å². The van der Waals surface area contributed by atoms with Gasteiger partial charge in [-0.2, -0.15) is 0 Å². The number of benzene rings is 1. The van der Waals surface area contributed by atoms with Crippen LogP contribution in [0, 0.1) is 0 Å². The summed E-state index contributed by atoms with van der Waals surface area (Å²) in [5.74, 6) is -1.03. The summed E-state index contributed by atoms with van der Waals surface area (Å²) in [6.45, 7) is 1.35. The van der Waals surface area contributed by atoms with E-state index in [0.29, 0.717) is 22.7 Å². The number of aromatic carboxylic acids is 1. The van der Waals surface area contributed by atoms with Gasteiger partial charge in [-0.05, 0) is 54.0 Å². The molecule has 0 bridgehead atoms. The Morgan fingerprint density at radius 1 is 1.43 bits per heavy atom. The lowest BCUT2D eigenvalue weighted by atomic mass is 10.2. The Labute approximate surface area is 131 Å². The lowest BCUT2D eigenvalue weighted by Gasteiger charge is -2.16. The minimum Gasteiger partial charge on any atom is -0.478 e. The highest BCUT2D eigenvalue weighted by Gasteiger charge is 2.25. The molecule has 0 radical (unpaired) electrons. The summed E-state index contributed by atoms with van der Waals surface area (Å²) >= 11 is 3.28. The molecule has 0 aliphatic heterocycles. The first-order chi connectivity index (χ1) is 9.97. The summed E-state index contributed by atoms with van der Waals surface area (Å²) in [4.78, 5) is 24.9. The van der Waals surface area contributed by atoms with Crippen molar-refractivity contribution in [2.24, 2.45) is 0 Å². The molecular formula is C14H18BrN3O3. The van der Waals surface area contributed by atoms with E-state index in [4.69, 9.17) is 5.11 Å². The van der Waals surface area contributed by atoms with E-state index in [1.807, 2.05) is 7.05 Å². The molecule has 1 saturated carbocycles. The van der Waals surface area contributed by atoms with E-state index in [-0.39, 0.29) is 11.6 Å². The number of nitrogens with zero attached hydrogens (tertiary/aromatic N) is 1. The number of rotatable bonds is 6. The second-order valence-corrected chi connectivity index (χ2v) is 5.95. The van der Waals surface area contributed by atoms with Crippen LogP contribution in [0.2, 0.25) is 0 Å². The fourth-order valence-corrected chi connectivity index (χ4v) is 2.31. The highest BCUT2D eigenvalue weighted by molar-refractivity contribution is 9.10. The number of halogens is 1. The molecule has 21 heavy (non-hydrogen) atoms. The molecule has 6 nitrogen and oxygen atoms in total. The zero-order valence-electron chi connectivity index (χ0n) is 11.7. The number of amides is 2. The van der Waals surface area contributed by atoms with E-state index in [9.17, 15) is 9.59 Å². The van der Waals surface area contributed by atoms with Crippen LogP contribution in [-0.2, 0) is 0 Å². The Hall–Kier alpha value is -1.60. The number of carbonyl (C=O) groups excluding carboxylic acids is 1. The predicted molar refractivity (Wildman–Crippen MR) is 83.8 cm³/mol. The fraction of sp³-hybridized carbons (Fsp3) is 0.429. The fourth-order valence-electron chi connectivity index (χ4n) is 1.96. The van der Waals surface area contributed by atoms with Gasteiger partial charge in [0.25, 0.3) is 0 Å². The monoisotopic (exact) mass is 355 g/mol. The summed E-state index contributed by atoms with van der Waals surface area (Å²) in [7, 11) is 2.05. The number of hydrogen-bond donors (Lipinski definition) is 3. The van der Waals surface area contributed by atoms with Crippen molar-refractivity contribution in [1.29, 1.82) is 0 Å². The quantitative estimate of drug-likeness (QED) is 0.731. The van der Waals surface area contributed by atoms with Gasteiger partial charge in [0.15, 0.2) is 0 Å². The highest BCUT2D eigenvalue weighted by Crippen LogP contribution is 2.25. The number of anilines is 1. The average molecular weight is 356 g/mol. The predicted octanol–water partition coefficient (Wildman–Crippen LogP) is 2.36. The standard InChI is InChI=1S/C14H18BrN3O3/c1-18(10-3-4-10)7-6-16-14(21)17-12-8-9(13(19)20)2-5-11(12)15/h2,5,8,10H,3-4,6-7H2,1H3,(H,19,20)(H2,16,17,21). The van der Waals surface area contributed by atoms with Crippen LogP contribution in [0.5, 0.6) is 0 Å². The lowest BCUT2D eigenvalue weighted by molar-refractivity contribution is 0.0697. The van der Waals surface area contributed by atoms with E-state index in [0.717, 1.165) is 6.54 Å². The molecular weight excluding hydrogens is 338 g/mol. The molecule has 1 aromatic rings. The molecule has 0 atom stereocenters. The molecule has 0 spiro atoms. The Morgan fingerprint density at radius 3 is 2.76 bits per heavy atom. The van der Waals surface area contributed by atoms with Gasteiger partial charge >= 0.3 is 12.0 Å². The van der Waals surface area contributed by atoms with Crippen molar-refractivity contribution in [3.05, 3.63) is 28.2 Å². The molecule has 0 saturated heterocycles. The van der Waals surface area contributed by atoms with Gasteiger partial charge in [-0.25, -0.2) is 9.59 Å². The summed E-state index contributed by atoms with van der Waals surface area (Å²) in [5.41, 5.74) is 0.560. The number of likely N-dealkylation sites (N-methyl/N-ethyl adjacent to an activating group) is 1. The molecule has 1 aliphatic rings. The van der Waals surface area contributed by atoms with Crippen molar-refractivity contribution >= 4 is 33.6 Å². The minimum atomic E-state index is -1.03. The summed E-state index contributed by atoms with van der Waals surface area (Å²) in [6, 6.07) is 4.81. The van der Waals surface area contributed by atoms with E-state index >= 15 is 0 Å². The van der Waals surface area contributed by atoms with Crippen LogP contribution < -0.4 is 10.6 Å². The molecule has 0 heterocycles. The number of carbonyl (C=O) groups is 2. The van der Waals surface area contributed by atoms with Gasteiger partial charge in [0.2, 0.25) is 0 Å². The van der Waals surface area contributed by atoms with Crippen LogP contribution >= 0.6 is 15.9 Å². The Bertz CT molecular complexity index is 546. The van der Waals surface area contributed by atoms with Crippen LogP contribution in [0.4, 0.5) is 10.5 Å². The minimum absolute atomic E-state index is 0.127. The Kier molecular flexibility index (Phi) is 5.19. The summed E-state index contributed by atoms with van der Waals surface area (Å²) in [6.07, 6.45) is 2.47. The maximum atomic E-state index is 11.8. The van der Waals surface area contributed by atoms with Gasteiger partial charge in [-0.3, -0.25) is 0 Å². The van der Waals surface area contributed by atoms with Gasteiger partial charge in [0, 0.05) is 23.6 Å². The van der Waals surface area contributed by atoms with Gasteiger partial charge in [-0.15, -0.1) is 0 Å². The Balaban J connectivity index is 1.83. The van der Waals surface area contributed by atoms with Crippen LogP contribution in [0.25, 0.3) is 0 Å². The molecule has 2 amide bonds. The number of hydrogen-bond acceptors (Lipinski definition) is 3. The van der Waals surface area contributed by atoms with Crippen molar-refractivity contribution in [1.82, 2.24) is 10.2 Å². The van der Waals surface area contributed by atoms with Gasteiger partial charge in [0.05, 0.1) is 11.3 Å². The number of carboxylic acids is 1. The average Bonchev–Trinajstić information content (AvgIpc) is 3.25. The van der Waals surface area contributed by atoms with E-state index in [1.165, 1.54) is 25.0 Å². The first kappa shape index (κ1) is 15.8. The van der Waals surface area contributed by atoms with Gasteiger partial charge in [-0.1, -0.05) is 0 Å². The molecule has 0 unspecified atom stereocenters. The topological polar surface area (TPSA) is 81.7 Å². The SMILES string of the molecule is CN(CCNC(=O)Nc1cc(C(=O)O)ccc1Br)C1CC1. The molecule has 7 heteroatoms. The van der Waals surface area contributed by atoms with Gasteiger partial charge in [0.1, 0.15) is 0 Å². The molecule has 114 valence electrons. The highest BCUT2D eigenvalue weighted by atomic mass is 79.9. The summed E-state index contributed by atoms with van der Waals surface area (Å²) < 4.78 is 0.637. The molecule has 3 N–H and O–H groups in total. The molecule has 2 rings (SSSR count). The zero-order chi connectivity index (χ0) is 15.4. The number of carboxylic acid groups (broad SMARTS) is 1. The van der Waals surface area contributed by atoms with E-state index < -0.39 is 5.97 Å². The van der Waals surface area contributed by atoms with E-state index in [1.54, 1.807) is 6.07 Å². The number of urea groups is 1. The van der Waals surface area contributed by atoms with E-state index in [2.05, 4.69) is 31.5 Å². The second-order valence-electron chi connectivity index (χ2n) is 5.09. The smallest absolute Gasteiger partial charge is 0.335 e. The largest absolute Gasteiger partial charge is 0.478 e. The molecule has 1 aliphatic carbocycles. The van der Waals surface area contributed by atoms with Gasteiger partial charge < -0.3 is 20.6 Å². The normalized spacial score (nSPS) is 14.0. The maximum Gasteiger partial charge on any atom is 0.335 e. The zero-order valence-corrected chi connectivity index (χ0v) is 13.3. The van der Waals surface area contributed by atoms with Crippen LogP contribution in [0.3, 0.4) is 0 Å². The van der Waals surface area contributed by atoms with Crippen LogP contribution in [0.1, 0.15) is 23.2 Å². The van der Waals surface area contributed by atoms with Crippen molar-refractivity contribution in [2.45, 2.75) is 18.9 Å². The third-order valence-corrected chi connectivity index (χ3v) is 4.07. The first-order valence-corrected chi connectivity index (χ1v) is 7.54. The van der Waals surface area contributed by atoms with Crippen molar-refractivity contribution < 1.29 is 14.7 Å². The molecule has 0 aromatic heterocycles. The van der Waals surface area contributed by atoms with Crippen molar-refractivity contribution in [2.75, 3.05) is 25.5 Å².